The van der Waals surface area contributed by atoms with Crippen molar-refractivity contribution in [3.05, 3.63) is 72.1 Å². The number of nitriles is 1. The van der Waals surface area contributed by atoms with Crippen LogP contribution in [0.25, 0.3) is 0 Å². The Morgan fingerprint density at radius 2 is 2.03 bits per heavy atom. The maximum Gasteiger partial charge on any atom is 0.234 e. The number of ether oxygens (including phenoxy) is 1. The number of nitrogens with one attached hydrogen (secondary N) is 3. The Morgan fingerprint density at radius 3 is 2.76 bits per heavy atom. The molecular weight excluding hydrogens is 438 g/mol. The molecule has 0 radical (unpaired) electrons. The molecule has 3 aliphatic heterocycles. The van der Waals surface area contributed by atoms with Crippen LogP contribution in [-0.2, 0) is 4.79 Å². The van der Waals surface area contributed by atoms with Crippen molar-refractivity contribution in [2.45, 2.75) is 24.7 Å². The third-order valence-electron chi connectivity index (χ3n) is 5.85. The van der Waals surface area contributed by atoms with Crippen molar-refractivity contribution in [2.75, 3.05) is 18.2 Å². The number of hydrogen-bond acceptors (Lipinski definition) is 9. The zero-order valence-electron chi connectivity index (χ0n) is 17.9. The summed E-state index contributed by atoms with van der Waals surface area (Å²) in [6.45, 7) is 0. The predicted molar refractivity (Wildman–Crippen MR) is 127 cm³/mol. The Balaban J connectivity index is 1.16. The van der Waals surface area contributed by atoms with E-state index in [0.29, 0.717) is 11.3 Å². The van der Waals surface area contributed by atoms with Crippen LogP contribution in [0.15, 0.2) is 66.0 Å². The predicted octanol–water partition coefficient (Wildman–Crippen LogP) is 2.55. The molecule has 2 aromatic rings. The van der Waals surface area contributed by atoms with E-state index in [-0.39, 0.29) is 29.9 Å². The van der Waals surface area contributed by atoms with Crippen LogP contribution in [0.2, 0.25) is 0 Å². The molecule has 3 atom stereocenters. The SMILES string of the molecule is COc1ccc(C2CC3C4NN=C(SCC(=O)Nc5ccc(C#N)cc5)N4C=CN3N2)cc1. The highest BCUT2D eigenvalue weighted by atomic mass is 32.2. The minimum absolute atomic E-state index is 0.00478. The van der Waals surface area contributed by atoms with Gasteiger partial charge in [-0.05, 0) is 48.4 Å². The van der Waals surface area contributed by atoms with Crippen LogP contribution >= 0.6 is 11.8 Å². The molecule has 5 rings (SSSR count). The average Bonchev–Trinajstić information content (AvgIpc) is 3.47. The Labute approximate surface area is 196 Å². The number of carbonyl (C=O) groups is 1. The lowest BCUT2D eigenvalue weighted by Crippen LogP contribution is -2.54. The van der Waals surface area contributed by atoms with E-state index in [1.807, 2.05) is 24.5 Å². The van der Waals surface area contributed by atoms with Gasteiger partial charge in [0.15, 0.2) is 5.17 Å². The van der Waals surface area contributed by atoms with Gasteiger partial charge in [0.05, 0.1) is 36.6 Å². The first kappa shape index (κ1) is 21.2. The average molecular weight is 462 g/mol. The van der Waals surface area contributed by atoms with Gasteiger partial charge in [-0.15, -0.1) is 0 Å². The van der Waals surface area contributed by atoms with Gasteiger partial charge in [0.1, 0.15) is 11.9 Å². The topological polar surface area (TPSA) is 105 Å². The molecule has 0 aromatic heterocycles. The van der Waals surface area contributed by atoms with Crippen LogP contribution in [0.3, 0.4) is 0 Å². The van der Waals surface area contributed by atoms with Gasteiger partial charge in [0.2, 0.25) is 5.91 Å². The van der Waals surface area contributed by atoms with Crippen molar-refractivity contribution < 1.29 is 9.53 Å². The highest BCUT2D eigenvalue weighted by molar-refractivity contribution is 8.14. The van der Waals surface area contributed by atoms with Gasteiger partial charge in [0.25, 0.3) is 0 Å². The minimum Gasteiger partial charge on any atom is -0.497 e. The first-order valence-electron chi connectivity index (χ1n) is 10.6. The Bertz CT molecular complexity index is 1130. The van der Waals surface area contributed by atoms with Crippen molar-refractivity contribution >= 4 is 28.5 Å². The number of amides is 1. The highest BCUT2D eigenvalue weighted by Crippen LogP contribution is 2.35. The molecule has 3 heterocycles. The van der Waals surface area contributed by atoms with Crippen molar-refractivity contribution in [3.8, 4) is 11.8 Å². The largest absolute Gasteiger partial charge is 0.497 e. The maximum atomic E-state index is 12.4. The second-order valence-corrected chi connectivity index (χ2v) is 8.81. The van der Waals surface area contributed by atoms with Crippen LogP contribution in [0, 0.1) is 11.3 Å². The fourth-order valence-corrected chi connectivity index (χ4v) is 4.93. The number of hydrazine groups is 1. The number of hydrogen-bond donors (Lipinski definition) is 3. The molecule has 3 aliphatic rings. The summed E-state index contributed by atoms with van der Waals surface area (Å²) in [5.74, 6) is 0.954. The molecule has 33 heavy (non-hydrogen) atoms. The lowest BCUT2D eigenvalue weighted by atomic mass is 10.00. The summed E-state index contributed by atoms with van der Waals surface area (Å²) in [5.41, 5.74) is 9.22. The van der Waals surface area contributed by atoms with Crippen LogP contribution in [0.5, 0.6) is 5.75 Å². The van der Waals surface area contributed by atoms with Crippen LogP contribution < -0.4 is 20.9 Å². The molecule has 0 spiro atoms. The van der Waals surface area contributed by atoms with E-state index in [0.717, 1.165) is 17.3 Å². The summed E-state index contributed by atoms with van der Waals surface area (Å²) in [4.78, 5) is 14.5. The molecule has 3 unspecified atom stereocenters. The smallest absolute Gasteiger partial charge is 0.234 e. The molecule has 1 saturated heterocycles. The number of hydrazone groups is 1. The molecule has 1 amide bonds. The molecule has 0 bridgehead atoms. The second-order valence-electron chi connectivity index (χ2n) is 7.86. The van der Waals surface area contributed by atoms with E-state index in [2.05, 4.69) is 49.4 Å². The van der Waals surface area contributed by atoms with Gasteiger partial charge in [0, 0.05) is 18.1 Å². The Kier molecular flexibility index (Phi) is 5.81. The molecular formula is C23H23N7O2S. The van der Waals surface area contributed by atoms with Crippen LogP contribution in [-0.4, -0.2) is 46.1 Å². The van der Waals surface area contributed by atoms with Gasteiger partial charge < -0.3 is 20.0 Å². The zero-order valence-corrected chi connectivity index (χ0v) is 18.7. The first-order valence-corrected chi connectivity index (χ1v) is 11.5. The number of methoxy groups -OCH3 is 1. The summed E-state index contributed by atoms with van der Waals surface area (Å²) in [6, 6.07) is 17.4. The Hall–Kier alpha value is -3.68. The van der Waals surface area contributed by atoms with Gasteiger partial charge in [-0.3, -0.25) is 10.2 Å². The third kappa shape index (κ3) is 4.33. The van der Waals surface area contributed by atoms with Crippen molar-refractivity contribution in [1.29, 1.82) is 5.26 Å². The number of fused-ring (bicyclic) bond motifs is 3. The van der Waals surface area contributed by atoms with E-state index in [1.54, 1.807) is 31.4 Å². The number of rotatable bonds is 5. The fourth-order valence-electron chi connectivity index (χ4n) is 4.16. The minimum atomic E-state index is -0.124. The molecule has 9 nitrogen and oxygen atoms in total. The summed E-state index contributed by atoms with van der Waals surface area (Å²) < 4.78 is 5.26. The number of anilines is 1. The lowest BCUT2D eigenvalue weighted by Gasteiger charge is -2.36. The van der Waals surface area contributed by atoms with Crippen LogP contribution in [0.4, 0.5) is 5.69 Å². The summed E-state index contributed by atoms with van der Waals surface area (Å²) >= 11 is 1.39. The fraction of sp³-hybridized carbons (Fsp3) is 0.261. The lowest BCUT2D eigenvalue weighted by molar-refractivity contribution is -0.113. The second kappa shape index (κ2) is 9.05. The highest BCUT2D eigenvalue weighted by Gasteiger charge is 2.44. The summed E-state index contributed by atoms with van der Waals surface area (Å²) in [5, 5.41) is 19.1. The zero-order chi connectivity index (χ0) is 22.8. The van der Waals surface area contributed by atoms with E-state index in [9.17, 15) is 4.79 Å². The molecule has 0 saturated carbocycles. The standard InChI is InChI=1S/C23H23N7O2S/c1-32-18-8-4-16(5-9-18)19-12-20-22-26-27-23(29(22)10-11-30(20)28-19)33-14-21(31)25-17-6-2-15(13-24)3-7-17/h2-11,19-20,22,26,28H,12,14H2,1H3,(H,25,31). The van der Waals surface area contributed by atoms with E-state index in [4.69, 9.17) is 10.00 Å². The van der Waals surface area contributed by atoms with E-state index in [1.165, 1.54) is 17.3 Å². The van der Waals surface area contributed by atoms with E-state index < -0.39 is 0 Å². The third-order valence-corrected chi connectivity index (χ3v) is 6.82. The quantitative estimate of drug-likeness (QED) is 0.624. The molecule has 2 aromatic carbocycles. The number of thioether (sulfide) groups is 1. The number of benzene rings is 2. The number of carbonyl (C=O) groups excluding carboxylic acids is 1. The van der Waals surface area contributed by atoms with Gasteiger partial charge in [-0.2, -0.15) is 10.4 Å². The van der Waals surface area contributed by atoms with E-state index >= 15 is 0 Å². The van der Waals surface area contributed by atoms with Crippen molar-refractivity contribution in [1.82, 2.24) is 20.8 Å². The van der Waals surface area contributed by atoms with Gasteiger partial charge >= 0.3 is 0 Å². The normalized spacial score (nSPS) is 22.7. The molecule has 10 heteroatoms. The molecule has 0 aliphatic carbocycles. The monoisotopic (exact) mass is 461 g/mol. The van der Waals surface area contributed by atoms with Gasteiger partial charge in [-0.1, -0.05) is 23.9 Å². The Morgan fingerprint density at radius 1 is 1.24 bits per heavy atom. The van der Waals surface area contributed by atoms with Gasteiger partial charge in [-0.25, -0.2) is 5.43 Å². The van der Waals surface area contributed by atoms with Crippen LogP contribution in [0.1, 0.15) is 23.6 Å². The number of nitrogens with zero attached hydrogens (tertiary/aromatic N) is 4. The van der Waals surface area contributed by atoms with Crippen molar-refractivity contribution in [2.24, 2.45) is 5.10 Å². The summed E-state index contributed by atoms with van der Waals surface area (Å²) in [7, 11) is 1.67. The molecule has 1 fully saturated rings. The number of amidine groups is 1. The molecule has 3 N–H and O–H groups in total. The first-order chi connectivity index (χ1) is 16.1. The summed E-state index contributed by atoms with van der Waals surface area (Å²) in [6.07, 6.45) is 4.91. The molecule has 168 valence electrons. The van der Waals surface area contributed by atoms with Crippen molar-refractivity contribution in [3.63, 3.8) is 0 Å². The maximum absolute atomic E-state index is 12.4.